The highest BCUT2D eigenvalue weighted by atomic mass is 79.9. The van der Waals surface area contributed by atoms with Crippen LogP contribution in [0.25, 0.3) is 0 Å². The van der Waals surface area contributed by atoms with Gasteiger partial charge in [-0.2, -0.15) is 0 Å². The average Bonchev–Trinajstić information content (AvgIpc) is 2.16. The molecule has 1 aromatic carbocycles. The summed E-state index contributed by atoms with van der Waals surface area (Å²) in [7, 11) is 0. The monoisotopic (exact) mass is 285 g/mol. The third-order valence-electron chi connectivity index (χ3n) is 2.41. The summed E-state index contributed by atoms with van der Waals surface area (Å²) < 4.78 is 0.998. The maximum atomic E-state index is 9.63. The van der Waals surface area contributed by atoms with Crippen LogP contribution in [0.3, 0.4) is 0 Å². The van der Waals surface area contributed by atoms with E-state index in [-0.39, 0.29) is 0 Å². The molecule has 0 amide bonds. The molecule has 0 spiro atoms. The van der Waals surface area contributed by atoms with Crippen LogP contribution in [0.4, 0.5) is 0 Å². The second-order valence-corrected chi connectivity index (χ2v) is 6.18. The van der Waals surface area contributed by atoms with Crippen molar-refractivity contribution in [2.24, 2.45) is 5.41 Å². The van der Waals surface area contributed by atoms with Crippen molar-refractivity contribution in [2.45, 2.75) is 33.7 Å². The van der Waals surface area contributed by atoms with E-state index >= 15 is 0 Å². The predicted molar refractivity (Wildman–Crippen MR) is 71.6 cm³/mol. The molecule has 0 aliphatic heterocycles. The molecule has 0 saturated carbocycles. The second kappa shape index (κ2) is 5.69. The quantitative estimate of drug-likeness (QED) is 0.827. The zero-order valence-corrected chi connectivity index (χ0v) is 11.8. The van der Waals surface area contributed by atoms with Gasteiger partial charge in [0.25, 0.3) is 0 Å². The van der Waals surface area contributed by atoms with Gasteiger partial charge in [-0.3, -0.25) is 0 Å². The number of benzene rings is 1. The van der Waals surface area contributed by atoms with Crippen LogP contribution in [-0.4, -0.2) is 11.7 Å². The molecule has 0 fully saturated rings. The van der Waals surface area contributed by atoms with Crippen LogP contribution in [0.15, 0.2) is 22.7 Å². The Morgan fingerprint density at radius 2 is 2.00 bits per heavy atom. The molecule has 2 N–H and O–H groups in total. The fourth-order valence-corrected chi connectivity index (χ4v) is 1.79. The second-order valence-electron chi connectivity index (χ2n) is 5.26. The topological polar surface area (TPSA) is 32.3 Å². The van der Waals surface area contributed by atoms with Gasteiger partial charge in [0.2, 0.25) is 0 Å². The number of hydrogen-bond donors (Lipinski definition) is 2. The predicted octanol–water partition coefficient (Wildman–Crippen LogP) is 3.68. The summed E-state index contributed by atoms with van der Waals surface area (Å²) >= 11 is 3.40. The van der Waals surface area contributed by atoms with Gasteiger partial charge in [-0.1, -0.05) is 36.7 Å². The molecule has 1 rings (SSSR count). The van der Waals surface area contributed by atoms with Crippen molar-refractivity contribution in [3.63, 3.8) is 0 Å². The Bertz CT molecular complexity index is 344. The molecule has 1 aromatic rings. The lowest BCUT2D eigenvalue weighted by molar-refractivity contribution is 0.365. The van der Waals surface area contributed by atoms with E-state index in [1.54, 1.807) is 6.07 Å². The van der Waals surface area contributed by atoms with E-state index in [1.807, 2.05) is 12.1 Å². The van der Waals surface area contributed by atoms with Crippen molar-refractivity contribution in [1.82, 2.24) is 5.32 Å². The number of rotatable bonds is 4. The maximum absolute atomic E-state index is 9.63. The first-order valence-corrected chi connectivity index (χ1v) is 6.36. The van der Waals surface area contributed by atoms with Gasteiger partial charge < -0.3 is 10.4 Å². The van der Waals surface area contributed by atoms with E-state index in [0.29, 0.717) is 17.7 Å². The highest BCUT2D eigenvalue weighted by Gasteiger charge is 2.09. The van der Waals surface area contributed by atoms with Crippen molar-refractivity contribution in [2.75, 3.05) is 6.54 Å². The van der Waals surface area contributed by atoms with Gasteiger partial charge in [0.05, 0.1) is 0 Å². The molecule has 0 heterocycles. The fraction of sp³-hybridized carbons (Fsp3) is 0.538. The summed E-state index contributed by atoms with van der Waals surface area (Å²) in [6.07, 6.45) is 1.13. The smallest absolute Gasteiger partial charge is 0.120 e. The molecule has 0 bridgehead atoms. The standard InChI is InChI=1S/C13H20BrNO/c1-13(2,3)6-7-15-9-10-8-11(14)4-5-12(10)16/h4-5,8,15-16H,6-7,9H2,1-3H3. The molecule has 0 aliphatic rings. The molecule has 0 aromatic heterocycles. The first kappa shape index (κ1) is 13.5. The van der Waals surface area contributed by atoms with E-state index in [9.17, 15) is 5.11 Å². The van der Waals surface area contributed by atoms with Crippen molar-refractivity contribution < 1.29 is 5.11 Å². The molecular formula is C13H20BrNO. The SMILES string of the molecule is CC(C)(C)CCNCc1cc(Br)ccc1O. The Morgan fingerprint density at radius 1 is 1.31 bits per heavy atom. The van der Waals surface area contributed by atoms with Gasteiger partial charge in [-0.05, 0) is 36.6 Å². The van der Waals surface area contributed by atoms with Gasteiger partial charge in [0, 0.05) is 16.6 Å². The molecule has 0 radical (unpaired) electrons. The summed E-state index contributed by atoms with van der Waals surface area (Å²) in [5.74, 6) is 0.353. The fourth-order valence-electron chi connectivity index (χ4n) is 1.38. The molecule has 0 aliphatic carbocycles. The Hall–Kier alpha value is -0.540. The summed E-state index contributed by atoms with van der Waals surface area (Å²) in [6, 6.07) is 5.50. The summed E-state index contributed by atoms with van der Waals surface area (Å²) in [4.78, 5) is 0. The van der Waals surface area contributed by atoms with Crippen LogP contribution in [0, 0.1) is 5.41 Å². The van der Waals surface area contributed by atoms with E-state index in [2.05, 4.69) is 42.0 Å². The molecule has 2 nitrogen and oxygen atoms in total. The van der Waals surface area contributed by atoms with Gasteiger partial charge >= 0.3 is 0 Å². The van der Waals surface area contributed by atoms with E-state index in [1.165, 1.54) is 0 Å². The van der Waals surface area contributed by atoms with Crippen molar-refractivity contribution >= 4 is 15.9 Å². The van der Waals surface area contributed by atoms with Crippen molar-refractivity contribution in [1.29, 1.82) is 0 Å². The van der Waals surface area contributed by atoms with Gasteiger partial charge in [0.1, 0.15) is 5.75 Å². The number of hydrogen-bond acceptors (Lipinski definition) is 2. The first-order valence-electron chi connectivity index (χ1n) is 5.56. The summed E-state index contributed by atoms with van der Waals surface area (Å²) in [5, 5.41) is 13.0. The molecule has 0 saturated heterocycles. The number of phenolic OH excluding ortho intramolecular Hbond substituents is 1. The number of phenols is 1. The third kappa shape index (κ3) is 4.99. The number of nitrogens with one attached hydrogen (secondary N) is 1. The van der Waals surface area contributed by atoms with E-state index in [4.69, 9.17) is 0 Å². The minimum Gasteiger partial charge on any atom is -0.508 e. The highest BCUT2D eigenvalue weighted by Crippen LogP contribution is 2.22. The van der Waals surface area contributed by atoms with Crippen LogP contribution in [0.1, 0.15) is 32.8 Å². The first-order chi connectivity index (χ1) is 7.38. The summed E-state index contributed by atoms with van der Waals surface area (Å²) in [5.41, 5.74) is 1.29. The van der Waals surface area contributed by atoms with Crippen molar-refractivity contribution in [3.8, 4) is 5.75 Å². The minimum absolute atomic E-state index is 0.353. The average molecular weight is 286 g/mol. The van der Waals surface area contributed by atoms with Crippen LogP contribution in [-0.2, 0) is 6.54 Å². The maximum Gasteiger partial charge on any atom is 0.120 e. The Morgan fingerprint density at radius 3 is 2.62 bits per heavy atom. The minimum atomic E-state index is 0.353. The molecule has 0 unspecified atom stereocenters. The van der Waals surface area contributed by atoms with Gasteiger partial charge in [-0.25, -0.2) is 0 Å². The zero-order valence-electron chi connectivity index (χ0n) is 10.2. The molecule has 0 atom stereocenters. The molecule has 3 heteroatoms. The molecule has 90 valence electrons. The van der Waals surface area contributed by atoms with Crippen molar-refractivity contribution in [3.05, 3.63) is 28.2 Å². The van der Waals surface area contributed by atoms with Gasteiger partial charge in [0.15, 0.2) is 0 Å². The lowest BCUT2D eigenvalue weighted by atomic mass is 9.92. The largest absolute Gasteiger partial charge is 0.508 e. The number of aromatic hydroxyl groups is 1. The Labute approximate surface area is 106 Å². The molecule has 16 heavy (non-hydrogen) atoms. The van der Waals surface area contributed by atoms with E-state index < -0.39 is 0 Å². The summed E-state index contributed by atoms with van der Waals surface area (Å²) in [6.45, 7) is 8.36. The van der Waals surface area contributed by atoms with Crippen LogP contribution < -0.4 is 5.32 Å². The molecular weight excluding hydrogens is 266 g/mol. The van der Waals surface area contributed by atoms with Crippen LogP contribution in [0.5, 0.6) is 5.75 Å². The van der Waals surface area contributed by atoms with E-state index in [0.717, 1.165) is 23.0 Å². The lowest BCUT2D eigenvalue weighted by Crippen LogP contribution is -2.20. The van der Waals surface area contributed by atoms with Crippen LogP contribution in [0.2, 0.25) is 0 Å². The normalized spacial score (nSPS) is 11.8. The van der Waals surface area contributed by atoms with Crippen LogP contribution >= 0.6 is 15.9 Å². The zero-order chi connectivity index (χ0) is 12.2. The Balaban J connectivity index is 2.40. The van der Waals surface area contributed by atoms with Gasteiger partial charge in [-0.15, -0.1) is 0 Å². The highest BCUT2D eigenvalue weighted by molar-refractivity contribution is 9.10. The Kier molecular flexibility index (Phi) is 4.81. The lowest BCUT2D eigenvalue weighted by Gasteiger charge is -2.18. The number of halogens is 1. The third-order valence-corrected chi connectivity index (χ3v) is 2.90.